The molecule has 1 aliphatic heterocycles. The number of rotatable bonds is 5. The van der Waals surface area contributed by atoms with E-state index in [1.807, 2.05) is 0 Å². The Morgan fingerprint density at radius 1 is 1.35 bits per heavy atom. The number of hydrogen-bond acceptors (Lipinski definition) is 2. The number of nitrogens with one attached hydrogen (secondary N) is 1. The predicted molar refractivity (Wildman–Crippen MR) is 71.3 cm³/mol. The van der Waals surface area contributed by atoms with E-state index in [-0.39, 0.29) is 0 Å². The second kappa shape index (κ2) is 6.18. The predicted octanol–water partition coefficient (Wildman–Crippen LogP) is 2.56. The van der Waals surface area contributed by atoms with E-state index in [2.05, 4.69) is 36.5 Å². The van der Waals surface area contributed by atoms with Crippen LogP contribution in [0.2, 0.25) is 0 Å². The minimum Gasteiger partial charge on any atom is -0.381 e. The number of hydrogen-bond donors (Lipinski definition) is 1. The quantitative estimate of drug-likeness (QED) is 0.844. The Morgan fingerprint density at radius 2 is 2.12 bits per heavy atom. The molecule has 0 radical (unpaired) electrons. The number of benzene rings is 1. The first-order chi connectivity index (χ1) is 8.29. The van der Waals surface area contributed by atoms with Gasteiger partial charge in [0.25, 0.3) is 0 Å². The highest BCUT2D eigenvalue weighted by molar-refractivity contribution is 5.28. The van der Waals surface area contributed by atoms with Gasteiger partial charge in [0.05, 0.1) is 6.10 Å². The lowest BCUT2D eigenvalue weighted by Gasteiger charge is -2.16. The van der Waals surface area contributed by atoms with Crippen molar-refractivity contribution in [3.05, 3.63) is 35.4 Å². The van der Waals surface area contributed by atoms with Crippen LogP contribution in [0.4, 0.5) is 0 Å². The molecule has 1 aromatic rings. The van der Waals surface area contributed by atoms with Gasteiger partial charge < -0.3 is 10.1 Å². The van der Waals surface area contributed by atoms with Gasteiger partial charge in [-0.3, -0.25) is 0 Å². The zero-order valence-corrected chi connectivity index (χ0v) is 10.9. The third-order valence-electron chi connectivity index (χ3n) is 3.66. The van der Waals surface area contributed by atoms with E-state index in [9.17, 15) is 0 Å². The van der Waals surface area contributed by atoms with Gasteiger partial charge in [-0.05, 0) is 50.3 Å². The molecule has 0 spiro atoms. The maximum atomic E-state index is 5.36. The molecule has 2 rings (SSSR count). The lowest BCUT2D eigenvalue weighted by Crippen LogP contribution is -2.24. The fourth-order valence-electron chi connectivity index (χ4n) is 2.55. The summed E-state index contributed by atoms with van der Waals surface area (Å²) in [5.41, 5.74) is 2.92. The molecule has 2 atom stereocenters. The molecule has 1 aromatic carbocycles. The lowest BCUT2D eigenvalue weighted by molar-refractivity contribution is 0.118. The Kier molecular flexibility index (Phi) is 4.57. The van der Waals surface area contributed by atoms with Crippen molar-refractivity contribution in [3.63, 3.8) is 0 Å². The molecular formula is C15H23NO. The van der Waals surface area contributed by atoms with E-state index in [0.29, 0.717) is 12.1 Å². The molecule has 1 aliphatic rings. The molecule has 17 heavy (non-hydrogen) atoms. The molecule has 1 saturated heterocycles. The zero-order valence-electron chi connectivity index (χ0n) is 10.9. The summed E-state index contributed by atoms with van der Waals surface area (Å²) < 4.78 is 5.36. The van der Waals surface area contributed by atoms with Crippen LogP contribution in [0.1, 0.15) is 30.9 Å². The number of ether oxygens (including phenoxy) is 1. The monoisotopic (exact) mass is 233 g/mol. The second-order valence-corrected chi connectivity index (χ2v) is 5.02. The van der Waals surface area contributed by atoms with Gasteiger partial charge in [0, 0.05) is 13.2 Å². The molecule has 0 saturated carbocycles. The Bertz CT molecular complexity index is 345. The Labute approximate surface area is 104 Å². The van der Waals surface area contributed by atoms with E-state index >= 15 is 0 Å². The second-order valence-electron chi connectivity index (χ2n) is 5.02. The van der Waals surface area contributed by atoms with E-state index in [0.717, 1.165) is 12.8 Å². The van der Waals surface area contributed by atoms with Crippen LogP contribution in [0.5, 0.6) is 0 Å². The topological polar surface area (TPSA) is 21.3 Å². The van der Waals surface area contributed by atoms with Crippen LogP contribution in [-0.4, -0.2) is 25.8 Å². The molecule has 1 heterocycles. The van der Waals surface area contributed by atoms with Gasteiger partial charge in [-0.2, -0.15) is 0 Å². The normalized spacial score (nSPS) is 21.6. The third kappa shape index (κ3) is 3.55. The molecular weight excluding hydrogens is 210 g/mol. The van der Waals surface area contributed by atoms with Crippen LogP contribution in [0.15, 0.2) is 24.3 Å². The molecule has 0 aromatic heterocycles. The van der Waals surface area contributed by atoms with E-state index in [4.69, 9.17) is 4.74 Å². The van der Waals surface area contributed by atoms with Crippen molar-refractivity contribution in [1.29, 1.82) is 0 Å². The summed E-state index contributed by atoms with van der Waals surface area (Å²) in [6.45, 7) is 3.31. The highest BCUT2D eigenvalue weighted by Crippen LogP contribution is 2.17. The summed E-state index contributed by atoms with van der Waals surface area (Å²) in [5, 5.41) is 3.57. The van der Waals surface area contributed by atoms with Crippen molar-refractivity contribution in [1.82, 2.24) is 5.32 Å². The fourth-order valence-corrected chi connectivity index (χ4v) is 2.55. The van der Waals surface area contributed by atoms with Crippen LogP contribution in [-0.2, 0) is 17.6 Å². The van der Waals surface area contributed by atoms with Crippen molar-refractivity contribution in [2.45, 2.75) is 44.8 Å². The minimum atomic E-state index is 0.299. The van der Waals surface area contributed by atoms with Crippen LogP contribution in [0.25, 0.3) is 0 Å². The average molecular weight is 233 g/mol. The molecule has 0 bridgehead atoms. The first-order valence-electron chi connectivity index (χ1n) is 6.62. The summed E-state index contributed by atoms with van der Waals surface area (Å²) in [5.74, 6) is 0. The highest BCUT2D eigenvalue weighted by atomic mass is 16.5. The summed E-state index contributed by atoms with van der Waals surface area (Å²) in [4.78, 5) is 0. The van der Waals surface area contributed by atoms with Gasteiger partial charge in [-0.1, -0.05) is 24.3 Å². The average Bonchev–Trinajstić information content (AvgIpc) is 2.84. The lowest BCUT2D eigenvalue weighted by atomic mass is 9.96. The minimum absolute atomic E-state index is 0.299. The van der Waals surface area contributed by atoms with Gasteiger partial charge in [0.1, 0.15) is 0 Å². The Hall–Kier alpha value is -0.860. The van der Waals surface area contributed by atoms with E-state index < -0.39 is 0 Å². The molecule has 0 aliphatic carbocycles. The van der Waals surface area contributed by atoms with Crippen molar-refractivity contribution in [2.75, 3.05) is 13.7 Å². The van der Waals surface area contributed by atoms with Crippen molar-refractivity contribution in [2.24, 2.45) is 0 Å². The maximum absolute atomic E-state index is 5.36. The van der Waals surface area contributed by atoms with Crippen LogP contribution < -0.4 is 5.32 Å². The van der Waals surface area contributed by atoms with Gasteiger partial charge in [-0.15, -0.1) is 0 Å². The summed E-state index contributed by atoms with van der Waals surface area (Å²) in [6.07, 6.45) is 5.11. The summed E-state index contributed by atoms with van der Waals surface area (Å²) in [6, 6.07) is 9.44. The standard InChI is InChI=1S/C15H23NO/c1-12(17-2)10-13-6-3-4-7-14(13)11-15-8-5-9-16-15/h3-4,6-7,12,15-16H,5,8-11H2,1-2H3. The zero-order chi connectivity index (χ0) is 12.1. The fraction of sp³-hybridized carbons (Fsp3) is 0.600. The van der Waals surface area contributed by atoms with E-state index in [1.165, 1.54) is 30.5 Å². The number of methoxy groups -OCH3 is 1. The molecule has 2 unspecified atom stereocenters. The maximum Gasteiger partial charge on any atom is 0.0583 e. The first kappa shape index (κ1) is 12.6. The van der Waals surface area contributed by atoms with Gasteiger partial charge in [0.2, 0.25) is 0 Å². The van der Waals surface area contributed by atoms with Crippen LogP contribution >= 0.6 is 0 Å². The molecule has 2 nitrogen and oxygen atoms in total. The Morgan fingerprint density at radius 3 is 2.76 bits per heavy atom. The van der Waals surface area contributed by atoms with Gasteiger partial charge >= 0.3 is 0 Å². The molecule has 0 amide bonds. The molecule has 2 heteroatoms. The first-order valence-corrected chi connectivity index (χ1v) is 6.62. The molecule has 1 N–H and O–H groups in total. The SMILES string of the molecule is COC(C)Cc1ccccc1CC1CCCN1. The highest BCUT2D eigenvalue weighted by Gasteiger charge is 2.16. The van der Waals surface area contributed by atoms with Crippen LogP contribution in [0.3, 0.4) is 0 Å². The van der Waals surface area contributed by atoms with Gasteiger partial charge in [0.15, 0.2) is 0 Å². The van der Waals surface area contributed by atoms with Crippen molar-refractivity contribution in [3.8, 4) is 0 Å². The van der Waals surface area contributed by atoms with E-state index in [1.54, 1.807) is 7.11 Å². The largest absolute Gasteiger partial charge is 0.381 e. The Balaban J connectivity index is 2.04. The third-order valence-corrected chi connectivity index (χ3v) is 3.66. The van der Waals surface area contributed by atoms with Crippen molar-refractivity contribution < 1.29 is 4.74 Å². The summed E-state index contributed by atoms with van der Waals surface area (Å²) >= 11 is 0. The van der Waals surface area contributed by atoms with Gasteiger partial charge in [-0.25, -0.2) is 0 Å². The van der Waals surface area contributed by atoms with Crippen LogP contribution in [0, 0.1) is 0 Å². The molecule has 94 valence electrons. The summed E-state index contributed by atoms with van der Waals surface area (Å²) in [7, 11) is 1.78. The molecule has 1 fully saturated rings. The smallest absolute Gasteiger partial charge is 0.0583 e. The van der Waals surface area contributed by atoms with Crippen molar-refractivity contribution >= 4 is 0 Å².